The Morgan fingerprint density at radius 1 is 0.861 bits per heavy atom. The summed E-state index contributed by atoms with van der Waals surface area (Å²) in [5, 5.41) is 28.8. The van der Waals surface area contributed by atoms with Crippen LogP contribution >= 0.6 is 21.6 Å². The third-order valence-electron chi connectivity index (χ3n) is 22.0. The second kappa shape index (κ2) is 19.5. The number of phenolic OH excluding ortho intramolecular Hbond substituents is 1. The summed E-state index contributed by atoms with van der Waals surface area (Å²) in [5.74, 6) is 3.67. The Bertz CT molecular complexity index is 2380. The lowest BCUT2D eigenvalue weighted by Gasteiger charge is -2.44. The van der Waals surface area contributed by atoms with Crippen LogP contribution in [-0.4, -0.2) is 74.0 Å². The van der Waals surface area contributed by atoms with E-state index in [1.807, 2.05) is 4.90 Å². The number of aliphatic hydroxyl groups excluding tert-OH is 1. The van der Waals surface area contributed by atoms with E-state index in [-0.39, 0.29) is 62.6 Å². The Labute approximate surface area is 437 Å². The van der Waals surface area contributed by atoms with E-state index in [0.29, 0.717) is 68.4 Å². The largest absolute Gasteiger partial charge is 0.504 e. The highest BCUT2D eigenvalue weighted by Gasteiger charge is 2.59. The molecule has 5 N–H and O–H groups in total. The number of esters is 1. The molecule has 392 valence electrons. The Morgan fingerprint density at radius 2 is 1.64 bits per heavy atom. The number of ether oxygens (including phenoxy) is 2. The van der Waals surface area contributed by atoms with Gasteiger partial charge in [-0.3, -0.25) is 14.6 Å². The standard InChI is InChI=1S/C60H84N4O6S2/c1-40(65)69-57-29-18-42(49(66)34-57)14-9-23-55(21-5-6-22-55)39-71-72-60(28-11-26-56(60)24-7-8-25-56)63-54(61)62-36-47-16-17-48(41-12-3-2-4-13-41)58(47)35-50(67)64(38-58)37-45-32-43(19-30-57)51-44-20-31-59(70-53(51)52(45)68)27-10-15-46(59)33-44/h2-4,12-13,32,42,44,46-49,66,68H,5-11,14-31,33-39H2,1H3,(H3,61,62,63). The van der Waals surface area contributed by atoms with Gasteiger partial charge < -0.3 is 35.6 Å². The van der Waals surface area contributed by atoms with Crippen LogP contribution in [0, 0.1) is 34.0 Å². The molecule has 14 rings (SSSR count). The quantitative estimate of drug-likeness (QED) is 0.169. The monoisotopic (exact) mass is 1020 g/mol. The zero-order valence-electron chi connectivity index (χ0n) is 43.4. The first-order valence-electron chi connectivity index (χ1n) is 29.0. The summed E-state index contributed by atoms with van der Waals surface area (Å²) in [5.41, 5.74) is 10.6. The second-order valence-corrected chi connectivity index (χ2v) is 28.3. The first kappa shape index (κ1) is 49.8. The molecular formula is C60H84N4O6S2. The molecule has 0 radical (unpaired) electrons. The summed E-state index contributed by atoms with van der Waals surface area (Å²) in [6, 6.07) is 13.0. The van der Waals surface area contributed by atoms with Crippen molar-refractivity contribution in [1.82, 2.24) is 10.2 Å². The van der Waals surface area contributed by atoms with Crippen LogP contribution in [-0.2, 0) is 27.3 Å². The molecule has 5 heterocycles. The van der Waals surface area contributed by atoms with Crippen molar-refractivity contribution in [3.8, 4) is 11.5 Å². The van der Waals surface area contributed by atoms with Crippen molar-refractivity contribution >= 4 is 39.4 Å². The molecular weight excluding hydrogens is 937 g/mol. The highest BCUT2D eigenvalue weighted by molar-refractivity contribution is 8.77. The number of rotatable bonds is 2. The minimum absolute atomic E-state index is 0.127. The van der Waals surface area contributed by atoms with Gasteiger partial charge in [0.2, 0.25) is 5.91 Å². The number of hydrogen-bond acceptors (Lipinski definition) is 11. The Morgan fingerprint density at radius 3 is 2.44 bits per heavy atom. The van der Waals surface area contributed by atoms with Gasteiger partial charge in [0.1, 0.15) is 16.1 Å². The van der Waals surface area contributed by atoms with Gasteiger partial charge in [-0.2, -0.15) is 0 Å². The fraction of sp³-hybridized carbons (Fsp3) is 0.750. The number of fused-ring (bicyclic) bond motifs is 10. The molecule has 7 saturated carbocycles. The van der Waals surface area contributed by atoms with E-state index < -0.39 is 11.7 Å². The number of carbonyl (C=O) groups is 2. The SMILES string of the molecule is CC(=O)OC12CCc3cc(c(O)c4c3C3CCC5(CCCC5C3)O4)CN3CC4(CC3=O)C(CCC4c3ccccc3)CN=C(N)NC3(CCCC34CCCC4)SSCC3(CCCC3)CCCC(CC1)C(O)C2. The van der Waals surface area contributed by atoms with Gasteiger partial charge in [-0.1, -0.05) is 84.0 Å². The number of carbonyl (C=O) groups excluding carboxylic acids is 2. The molecule has 10 atom stereocenters. The van der Waals surface area contributed by atoms with Crippen LogP contribution in [0.5, 0.6) is 11.5 Å². The molecule has 1 amide bonds. The number of benzene rings is 2. The summed E-state index contributed by atoms with van der Waals surface area (Å²) in [7, 11) is 4.19. The molecule has 2 aromatic carbocycles. The van der Waals surface area contributed by atoms with Crippen molar-refractivity contribution in [2.75, 3.05) is 18.8 Å². The van der Waals surface area contributed by atoms with Crippen LogP contribution < -0.4 is 15.8 Å². The van der Waals surface area contributed by atoms with Crippen molar-refractivity contribution in [2.24, 2.45) is 44.7 Å². The number of aliphatic hydroxyl groups is 1. The lowest BCUT2D eigenvalue weighted by molar-refractivity contribution is -0.169. The van der Waals surface area contributed by atoms with E-state index >= 15 is 0 Å². The smallest absolute Gasteiger partial charge is 0.303 e. The van der Waals surface area contributed by atoms with Crippen molar-refractivity contribution < 1.29 is 29.3 Å². The molecule has 8 bridgehead atoms. The normalized spacial score (nSPS) is 38.6. The third kappa shape index (κ3) is 8.78. The molecule has 1 saturated heterocycles. The number of aromatic hydroxyl groups is 1. The van der Waals surface area contributed by atoms with E-state index in [4.69, 9.17) is 20.2 Å². The lowest BCUT2D eigenvalue weighted by atomic mass is 9.68. The molecule has 8 fully saturated rings. The van der Waals surface area contributed by atoms with Crippen molar-refractivity contribution in [2.45, 2.75) is 227 Å². The molecule has 10 unspecified atom stereocenters. The highest BCUT2D eigenvalue weighted by Crippen LogP contribution is 2.65. The molecule has 2 aromatic rings. The van der Waals surface area contributed by atoms with Crippen molar-refractivity contribution in [3.63, 3.8) is 0 Å². The number of hydrogen-bond donors (Lipinski definition) is 4. The lowest BCUT2D eigenvalue weighted by Crippen LogP contribution is -2.55. The molecule has 7 aliphatic carbocycles. The van der Waals surface area contributed by atoms with Crippen LogP contribution in [0.4, 0.5) is 0 Å². The predicted octanol–water partition coefficient (Wildman–Crippen LogP) is 12.4. The van der Waals surface area contributed by atoms with Gasteiger partial charge in [0.05, 0.1) is 6.10 Å². The summed E-state index contributed by atoms with van der Waals surface area (Å²) in [6.07, 6.45) is 28.6. The number of guanidine groups is 1. The van der Waals surface area contributed by atoms with Crippen LogP contribution in [0.15, 0.2) is 41.4 Å². The van der Waals surface area contributed by atoms with Gasteiger partial charge in [-0.05, 0) is 187 Å². The predicted molar refractivity (Wildman–Crippen MR) is 288 cm³/mol. The Hall–Kier alpha value is -3.09. The van der Waals surface area contributed by atoms with Crippen molar-refractivity contribution in [3.05, 3.63) is 58.7 Å². The zero-order chi connectivity index (χ0) is 49.4. The van der Waals surface area contributed by atoms with Gasteiger partial charge in [-0.25, -0.2) is 0 Å². The first-order chi connectivity index (χ1) is 34.9. The number of aryl methyl sites for hydroxylation is 1. The first-order valence-corrected chi connectivity index (χ1v) is 31.3. The van der Waals surface area contributed by atoms with Crippen LogP contribution in [0.2, 0.25) is 0 Å². The maximum atomic E-state index is 14.9. The number of phenols is 1. The average Bonchev–Trinajstić information content (AvgIpc) is 4.23. The summed E-state index contributed by atoms with van der Waals surface area (Å²) >= 11 is 0. The topological polar surface area (TPSA) is 147 Å². The maximum Gasteiger partial charge on any atom is 0.303 e. The van der Waals surface area contributed by atoms with Crippen LogP contribution in [0.3, 0.4) is 0 Å². The minimum Gasteiger partial charge on any atom is -0.504 e. The number of aliphatic imine (C=N–C) groups is 1. The molecule has 72 heavy (non-hydrogen) atoms. The average molecular weight is 1020 g/mol. The van der Waals surface area contributed by atoms with E-state index in [9.17, 15) is 19.8 Å². The molecule has 5 aliphatic heterocycles. The molecule has 0 aromatic heterocycles. The highest BCUT2D eigenvalue weighted by atomic mass is 33.1. The minimum atomic E-state index is -0.773. The van der Waals surface area contributed by atoms with E-state index in [0.717, 1.165) is 106 Å². The molecule has 5 spiro atoms. The Balaban J connectivity index is 0.919. The maximum absolute atomic E-state index is 14.9. The van der Waals surface area contributed by atoms with Gasteiger partial charge in [0, 0.05) is 67.1 Å². The zero-order valence-corrected chi connectivity index (χ0v) is 45.0. The van der Waals surface area contributed by atoms with Gasteiger partial charge in [-0.15, -0.1) is 0 Å². The summed E-state index contributed by atoms with van der Waals surface area (Å²) < 4.78 is 13.7. The number of nitrogens with zero attached hydrogens (tertiary/aromatic N) is 2. The third-order valence-corrected chi connectivity index (χ3v) is 25.4. The van der Waals surface area contributed by atoms with Gasteiger partial charge in [0.15, 0.2) is 17.5 Å². The number of nitrogens with two attached hydrogens (primary N) is 1. The number of nitrogens with one attached hydrogen (secondary N) is 1. The number of amides is 1. The van der Waals surface area contributed by atoms with E-state index in [1.165, 1.54) is 83.1 Å². The Kier molecular flexibility index (Phi) is 13.5. The second-order valence-electron chi connectivity index (χ2n) is 25.7. The van der Waals surface area contributed by atoms with Gasteiger partial charge >= 0.3 is 5.97 Å². The summed E-state index contributed by atoms with van der Waals surface area (Å²) in [6.45, 7) is 3.00. The van der Waals surface area contributed by atoms with E-state index in [2.05, 4.69) is 63.3 Å². The van der Waals surface area contributed by atoms with E-state index in [1.54, 1.807) is 0 Å². The molecule has 10 nitrogen and oxygen atoms in total. The fourth-order valence-electron chi connectivity index (χ4n) is 18.3. The molecule has 12 aliphatic rings. The molecule has 12 heteroatoms. The fourth-order valence-corrected chi connectivity index (χ4v) is 22.5. The summed E-state index contributed by atoms with van der Waals surface area (Å²) in [4.78, 5) is 35.1. The van der Waals surface area contributed by atoms with Crippen LogP contribution in [0.1, 0.15) is 214 Å². The van der Waals surface area contributed by atoms with Crippen molar-refractivity contribution in [1.29, 1.82) is 0 Å². The van der Waals surface area contributed by atoms with Gasteiger partial charge in [0.25, 0.3) is 0 Å². The van der Waals surface area contributed by atoms with Crippen LogP contribution in [0.25, 0.3) is 0 Å².